The Balaban J connectivity index is 1.39. The Labute approximate surface area is 144 Å². The number of hydrogen-bond donors (Lipinski definition) is 1. The van der Waals surface area contributed by atoms with Crippen LogP contribution in [-0.4, -0.2) is 16.6 Å². The summed E-state index contributed by atoms with van der Waals surface area (Å²) in [5.74, 6) is 1.70. The monoisotopic (exact) mass is 338 g/mol. The molecule has 0 spiro atoms. The molecule has 0 saturated heterocycles. The fourth-order valence-corrected chi connectivity index (χ4v) is 4.13. The summed E-state index contributed by atoms with van der Waals surface area (Å²) in [6.07, 6.45) is 1.87. The standard InChI is InChI=1S/C19H18N2O2S/c22-18(9-10-19-21-15-6-2-3-7-16(15)23-19)20-14-11-12-24-17-8-4-1-5-13(14)17/h1-8,14H,9-12H2,(H,20,22). The highest BCUT2D eigenvalue weighted by Gasteiger charge is 2.21. The minimum Gasteiger partial charge on any atom is -0.441 e. The number of carbonyl (C=O) groups excluding carboxylic acids is 1. The molecule has 2 heterocycles. The van der Waals surface area contributed by atoms with Crippen molar-refractivity contribution < 1.29 is 9.21 Å². The summed E-state index contributed by atoms with van der Waals surface area (Å²) in [5.41, 5.74) is 2.83. The van der Waals surface area contributed by atoms with E-state index in [0.29, 0.717) is 18.7 Å². The average molecular weight is 338 g/mol. The van der Waals surface area contributed by atoms with Crippen LogP contribution in [0.1, 0.15) is 30.3 Å². The van der Waals surface area contributed by atoms with E-state index in [2.05, 4.69) is 22.4 Å². The van der Waals surface area contributed by atoms with Gasteiger partial charge >= 0.3 is 0 Å². The zero-order valence-corrected chi connectivity index (χ0v) is 14.0. The molecule has 1 aromatic heterocycles. The zero-order chi connectivity index (χ0) is 16.4. The van der Waals surface area contributed by atoms with Gasteiger partial charge in [-0.25, -0.2) is 4.98 Å². The molecular weight excluding hydrogens is 320 g/mol. The highest BCUT2D eigenvalue weighted by molar-refractivity contribution is 7.99. The van der Waals surface area contributed by atoms with Gasteiger partial charge in [-0.1, -0.05) is 30.3 Å². The molecule has 1 aliphatic rings. The van der Waals surface area contributed by atoms with E-state index in [1.54, 1.807) is 0 Å². The molecule has 24 heavy (non-hydrogen) atoms. The number of benzene rings is 2. The summed E-state index contributed by atoms with van der Waals surface area (Å²) in [7, 11) is 0. The van der Waals surface area contributed by atoms with Crippen LogP contribution in [-0.2, 0) is 11.2 Å². The second-order valence-electron chi connectivity index (χ2n) is 5.87. The molecule has 0 aliphatic carbocycles. The number of thioether (sulfide) groups is 1. The first-order chi connectivity index (χ1) is 11.8. The quantitative estimate of drug-likeness (QED) is 0.778. The lowest BCUT2D eigenvalue weighted by molar-refractivity contribution is -0.121. The fourth-order valence-electron chi connectivity index (χ4n) is 3.01. The average Bonchev–Trinajstić information content (AvgIpc) is 3.03. The topological polar surface area (TPSA) is 55.1 Å². The van der Waals surface area contributed by atoms with Gasteiger partial charge in [0.15, 0.2) is 11.5 Å². The van der Waals surface area contributed by atoms with E-state index < -0.39 is 0 Å². The molecular formula is C19H18N2O2S. The van der Waals surface area contributed by atoms with Crippen molar-refractivity contribution in [2.24, 2.45) is 0 Å². The van der Waals surface area contributed by atoms with Gasteiger partial charge in [-0.2, -0.15) is 0 Å². The van der Waals surface area contributed by atoms with Crippen LogP contribution in [0.25, 0.3) is 11.1 Å². The van der Waals surface area contributed by atoms with Gasteiger partial charge in [0, 0.05) is 23.5 Å². The first-order valence-electron chi connectivity index (χ1n) is 8.15. The maximum atomic E-state index is 12.3. The lowest BCUT2D eigenvalue weighted by Crippen LogP contribution is -2.30. The Bertz CT molecular complexity index is 841. The van der Waals surface area contributed by atoms with Gasteiger partial charge in [0.1, 0.15) is 5.52 Å². The van der Waals surface area contributed by atoms with Crippen LogP contribution < -0.4 is 5.32 Å². The van der Waals surface area contributed by atoms with E-state index in [4.69, 9.17) is 4.42 Å². The van der Waals surface area contributed by atoms with E-state index in [1.807, 2.05) is 48.2 Å². The van der Waals surface area contributed by atoms with Crippen molar-refractivity contribution in [1.29, 1.82) is 0 Å². The van der Waals surface area contributed by atoms with Crippen LogP contribution in [0.4, 0.5) is 0 Å². The number of carbonyl (C=O) groups is 1. The van der Waals surface area contributed by atoms with E-state index in [9.17, 15) is 4.79 Å². The maximum Gasteiger partial charge on any atom is 0.220 e. The van der Waals surface area contributed by atoms with Gasteiger partial charge in [-0.3, -0.25) is 4.79 Å². The summed E-state index contributed by atoms with van der Waals surface area (Å²) < 4.78 is 5.67. The van der Waals surface area contributed by atoms with Crippen molar-refractivity contribution in [1.82, 2.24) is 10.3 Å². The number of fused-ring (bicyclic) bond motifs is 2. The summed E-state index contributed by atoms with van der Waals surface area (Å²) in [4.78, 5) is 18.0. The van der Waals surface area contributed by atoms with Crippen molar-refractivity contribution >= 4 is 28.8 Å². The Hall–Kier alpha value is -2.27. The second kappa shape index (κ2) is 6.69. The lowest BCUT2D eigenvalue weighted by atomic mass is 10.0. The van der Waals surface area contributed by atoms with Gasteiger partial charge in [0.2, 0.25) is 5.91 Å². The minimum atomic E-state index is 0.0453. The van der Waals surface area contributed by atoms with Gasteiger partial charge in [0.05, 0.1) is 6.04 Å². The van der Waals surface area contributed by atoms with E-state index in [-0.39, 0.29) is 11.9 Å². The third kappa shape index (κ3) is 3.17. The Morgan fingerprint density at radius 3 is 2.96 bits per heavy atom. The molecule has 0 radical (unpaired) electrons. The molecule has 1 N–H and O–H groups in total. The van der Waals surface area contributed by atoms with Gasteiger partial charge in [-0.05, 0) is 30.2 Å². The van der Waals surface area contributed by atoms with Crippen molar-refractivity contribution in [2.75, 3.05) is 5.75 Å². The number of oxazole rings is 1. The fraction of sp³-hybridized carbons (Fsp3) is 0.263. The Morgan fingerprint density at radius 1 is 1.21 bits per heavy atom. The SMILES string of the molecule is O=C(CCc1nc2ccccc2o1)NC1CCSc2ccccc21. The maximum absolute atomic E-state index is 12.3. The normalized spacial score (nSPS) is 16.8. The molecule has 3 aromatic rings. The molecule has 2 aromatic carbocycles. The highest BCUT2D eigenvalue weighted by Crippen LogP contribution is 2.35. The summed E-state index contributed by atoms with van der Waals surface area (Å²) in [6.45, 7) is 0. The number of para-hydroxylation sites is 2. The van der Waals surface area contributed by atoms with Crippen LogP contribution in [0.2, 0.25) is 0 Å². The van der Waals surface area contributed by atoms with E-state index in [0.717, 1.165) is 23.3 Å². The predicted octanol–water partition coefficient (Wildman–Crippen LogP) is 4.11. The minimum absolute atomic E-state index is 0.0453. The second-order valence-corrected chi connectivity index (χ2v) is 7.01. The van der Waals surface area contributed by atoms with Gasteiger partial charge in [0.25, 0.3) is 0 Å². The van der Waals surface area contributed by atoms with Gasteiger partial charge < -0.3 is 9.73 Å². The number of hydrogen-bond acceptors (Lipinski definition) is 4. The van der Waals surface area contributed by atoms with Crippen molar-refractivity contribution in [3.8, 4) is 0 Å². The number of nitrogens with zero attached hydrogens (tertiary/aromatic N) is 1. The van der Waals surface area contributed by atoms with E-state index >= 15 is 0 Å². The summed E-state index contributed by atoms with van der Waals surface area (Å²) in [5, 5.41) is 3.16. The molecule has 5 heteroatoms. The zero-order valence-electron chi connectivity index (χ0n) is 13.2. The molecule has 1 unspecified atom stereocenters. The molecule has 1 amide bonds. The number of aryl methyl sites for hydroxylation is 1. The molecule has 0 bridgehead atoms. The van der Waals surface area contributed by atoms with Crippen molar-refractivity contribution in [3.05, 3.63) is 60.0 Å². The smallest absolute Gasteiger partial charge is 0.220 e. The van der Waals surface area contributed by atoms with Crippen molar-refractivity contribution in [2.45, 2.75) is 30.2 Å². The molecule has 1 atom stereocenters. The first kappa shape index (κ1) is 15.3. The predicted molar refractivity (Wildman–Crippen MR) is 95.0 cm³/mol. The Morgan fingerprint density at radius 2 is 2.04 bits per heavy atom. The first-order valence-corrected chi connectivity index (χ1v) is 9.14. The number of rotatable bonds is 4. The molecule has 0 saturated carbocycles. The largest absolute Gasteiger partial charge is 0.441 e. The number of nitrogens with one attached hydrogen (secondary N) is 1. The van der Waals surface area contributed by atoms with Crippen molar-refractivity contribution in [3.63, 3.8) is 0 Å². The molecule has 0 fully saturated rings. The lowest BCUT2D eigenvalue weighted by Gasteiger charge is -2.25. The molecule has 1 aliphatic heterocycles. The van der Waals surface area contributed by atoms with E-state index in [1.165, 1.54) is 10.5 Å². The van der Waals surface area contributed by atoms with Gasteiger partial charge in [-0.15, -0.1) is 11.8 Å². The summed E-state index contributed by atoms with van der Waals surface area (Å²) >= 11 is 1.86. The van der Waals surface area contributed by atoms with Crippen LogP contribution in [0.15, 0.2) is 57.8 Å². The van der Waals surface area contributed by atoms with Crippen LogP contribution in [0, 0.1) is 0 Å². The number of amides is 1. The third-order valence-corrected chi connectivity index (χ3v) is 5.32. The summed E-state index contributed by atoms with van der Waals surface area (Å²) in [6, 6.07) is 16.1. The Kier molecular flexibility index (Phi) is 4.26. The van der Waals surface area contributed by atoms with Crippen LogP contribution in [0.3, 0.4) is 0 Å². The molecule has 4 rings (SSSR count). The van der Waals surface area contributed by atoms with Crippen LogP contribution in [0.5, 0.6) is 0 Å². The molecule has 4 nitrogen and oxygen atoms in total. The third-order valence-electron chi connectivity index (χ3n) is 4.20. The molecule has 122 valence electrons. The van der Waals surface area contributed by atoms with Crippen LogP contribution >= 0.6 is 11.8 Å². The highest BCUT2D eigenvalue weighted by atomic mass is 32.2. The number of aromatic nitrogens is 1.